The van der Waals surface area contributed by atoms with Crippen molar-refractivity contribution in [1.82, 2.24) is 4.31 Å². The van der Waals surface area contributed by atoms with E-state index in [9.17, 15) is 13.2 Å². The fourth-order valence-corrected chi connectivity index (χ4v) is 2.99. The van der Waals surface area contributed by atoms with Crippen LogP contribution in [0.3, 0.4) is 0 Å². The van der Waals surface area contributed by atoms with Gasteiger partial charge in [0.2, 0.25) is 10.0 Å². The molecule has 6 nitrogen and oxygen atoms in total. The Morgan fingerprint density at radius 2 is 1.95 bits per heavy atom. The van der Waals surface area contributed by atoms with Gasteiger partial charge in [-0.2, -0.15) is 4.31 Å². The highest BCUT2D eigenvalue weighted by Gasteiger charge is 2.27. The average molecular weight is 315 g/mol. The Balaban J connectivity index is 2.32. The fraction of sp³-hybridized carbons (Fsp3) is 0.500. The lowest BCUT2D eigenvalue weighted by atomic mass is 10.2. The first-order valence-corrected chi connectivity index (χ1v) is 8.25. The largest absolute Gasteiger partial charge is 0.480 e. The van der Waals surface area contributed by atoms with Crippen LogP contribution in [0, 0.1) is 0 Å². The third-order valence-electron chi connectivity index (χ3n) is 3.14. The number of likely N-dealkylation sites (N-methyl/N-ethyl adjacent to an activating group) is 1. The molecule has 0 saturated heterocycles. The van der Waals surface area contributed by atoms with Gasteiger partial charge in [-0.05, 0) is 18.9 Å². The Morgan fingerprint density at radius 1 is 1.33 bits per heavy atom. The van der Waals surface area contributed by atoms with E-state index in [-0.39, 0.29) is 5.75 Å². The Kier molecular flexibility index (Phi) is 6.80. The molecular weight excluding hydrogens is 294 g/mol. The molecule has 0 bridgehead atoms. The lowest BCUT2D eigenvalue weighted by molar-refractivity contribution is -0.140. The molecule has 0 saturated carbocycles. The maximum atomic E-state index is 11.9. The van der Waals surface area contributed by atoms with E-state index in [1.165, 1.54) is 14.0 Å². The summed E-state index contributed by atoms with van der Waals surface area (Å²) in [4.78, 5) is 10.8. The Bertz CT molecular complexity index is 544. The smallest absolute Gasteiger partial charge is 0.321 e. The first-order valence-electron chi connectivity index (χ1n) is 6.65. The van der Waals surface area contributed by atoms with Crippen LogP contribution in [0.25, 0.3) is 0 Å². The number of carbonyl (C=O) groups is 1. The average Bonchev–Trinajstić information content (AvgIpc) is 2.46. The van der Waals surface area contributed by atoms with Crippen LogP contribution < -0.4 is 0 Å². The van der Waals surface area contributed by atoms with E-state index >= 15 is 0 Å². The first kappa shape index (κ1) is 17.6. The van der Waals surface area contributed by atoms with Crippen molar-refractivity contribution < 1.29 is 23.1 Å². The summed E-state index contributed by atoms with van der Waals surface area (Å²) < 4.78 is 30.1. The minimum absolute atomic E-state index is 0.129. The van der Waals surface area contributed by atoms with Gasteiger partial charge < -0.3 is 9.84 Å². The lowest BCUT2D eigenvalue weighted by Crippen LogP contribution is -2.41. The Labute approximate surface area is 125 Å². The molecule has 0 radical (unpaired) electrons. The van der Waals surface area contributed by atoms with E-state index in [1.54, 1.807) is 0 Å². The molecule has 1 aromatic carbocycles. The van der Waals surface area contributed by atoms with Gasteiger partial charge in [0.25, 0.3) is 0 Å². The molecule has 0 fully saturated rings. The van der Waals surface area contributed by atoms with Gasteiger partial charge in [-0.1, -0.05) is 30.3 Å². The van der Waals surface area contributed by atoms with E-state index in [0.29, 0.717) is 19.6 Å². The molecule has 0 aliphatic heterocycles. The molecular formula is C14H21NO5S. The van der Waals surface area contributed by atoms with E-state index in [1.807, 2.05) is 30.3 Å². The predicted molar refractivity (Wildman–Crippen MR) is 79.4 cm³/mol. The second kappa shape index (κ2) is 8.11. The van der Waals surface area contributed by atoms with Crippen molar-refractivity contribution in [3.63, 3.8) is 0 Å². The van der Waals surface area contributed by atoms with Crippen LogP contribution in [0.2, 0.25) is 0 Å². The normalized spacial score (nSPS) is 13.3. The SMILES string of the molecule is CC(C(=O)O)N(C)S(=O)(=O)CCCOCc1ccccc1. The third-order valence-corrected chi connectivity index (χ3v) is 5.14. The second-order valence-electron chi connectivity index (χ2n) is 4.74. The summed E-state index contributed by atoms with van der Waals surface area (Å²) in [6.45, 7) is 2.08. The third kappa shape index (κ3) is 5.82. The number of nitrogens with zero attached hydrogens (tertiary/aromatic N) is 1. The molecule has 0 amide bonds. The Morgan fingerprint density at radius 3 is 2.52 bits per heavy atom. The van der Waals surface area contributed by atoms with Crippen molar-refractivity contribution in [2.75, 3.05) is 19.4 Å². The number of hydrogen-bond donors (Lipinski definition) is 1. The molecule has 1 atom stereocenters. The minimum atomic E-state index is -3.58. The molecule has 1 rings (SSSR count). The summed E-state index contributed by atoms with van der Waals surface area (Å²) in [7, 11) is -2.30. The van der Waals surface area contributed by atoms with Crippen molar-refractivity contribution in [3.05, 3.63) is 35.9 Å². The highest BCUT2D eigenvalue weighted by molar-refractivity contribution is 7.89. The molecule has 1 unspecified atom stereocenters. The van der Waals surface area contributed by atoms with Crippen LogP contribution in [-0.2, 0) is 26.2 Å². The number of sulfonamides is 1. The predicted octanol–water partition coefficient (Wildman–Crippen LogP) is 1.33. The molecule has 7 heteroatoms. The van der Waals surface area contributed by atoms with Gasteiger partial charge in [0.15, 0.2) is 0 Å². The van der Waals surface area contributed by atoms with E-state index in [2.05, 4.69) is 0 Å². The number of ether oxygens (including phenoxy) is 1. The van der Waals surface area contributed by atoms with Gasteiger partial charge in [-0.3, -0.25) is 4.79 Å². The van der Waals surface area contributed by atoms with E-state index < -0.39 is 22.0 Å². The van der Waals surface area contributed by atoms with Gasteiger partial charge in [0, 0.05) is 13.7 Å². The van der Waals surface area contributed by atoms with Crippen LogP contribution in [0.5, 0.6) is 0 Å². The molecule has 21 heavy (non-hydrogen) atoms. The molecule has 118 valence electrons. The molecule has 1 N–H and O–H groups in total. The van der Waals surface area contributed by atoms with Crippen LogP contribution in [0.15, 0.2) is 30.3 Å². The van der Waals surface area contributed by atoms with Crippen molar-refractivity contribution in [3.8, 4) is 0 Å². The van der Waals surface area contributed by atoms with Gasteiger partial charge in [-0.25, -0.2) is 8.42 Å². The number of benzene rings is 1. The zero-order valence-electron chi connectivity index (χ0n) is 12.2. The molecule has 1 aromatic rings. The maximum Gasteiger partial charge on any atom is 0.321 e. The summed E-state index contributed by atoms with van der Waals surface area (Å²) in [5.41, 5.74) is 1.02. The lowest BCUT2D eigenvalue weighted by Gasteiger charge is -2.20. The topological polar surface area (TPSA) is 83.9 Å². The van der Waals surface area contributed by atoms with Gasteiger partial charge in [-0.15, -0.1) is 0 Å². The quantitative estimate of drug-likeness (QED) is 0.695. The van der Waals surface area contributed by atoms with Crippen molar-refractivity contribution in [1.29, 1.82) is 0 Å². The van der Waals surface area contributed by atoms with E-state index in [0.717, 1.165) is 9.87 Å². The number of carboxylic acids is 1. The highest BCUT2D eigenvalue weighted by Crippen LogP contribution is 2.07. The number of carboxylic acid groups (broad SMARTS) is 1. The molecule has 0 aromatic heterocycles. The molecule has 0 aliphatic rings. The monoisotopic (exact) mass is 315 g/mol. The van der Waals surface area contributed by atoms with Gasteiger partial charge in [0.1, 0.15) is 6.04 Å². The maximum absolute atomic E-state index is 11.9. The summed E-state index contributed by atoms with van der Waals surface area (Å²) in [6, 6.07) is 8.52. The molecule has 0 aliphatic carbocycles. The van der Waals surface area contributed by atoms with Crippen LogP contribution in [-0.4, -0.2) is 49.2 Å². The summed E-state index contributed by atoms with van der Waals surface area (Å²) in [6.07, 6.45) is 0.325. The number of rotatable bonds is 9. The summed E-state index contributed by atoms with van der Waals surface area (Å²) in [5.74, 6) is -1.29. The standard InChI is InChI=1S/C14H21NO5S/c1-12(14(16)17)15(2)21(18,19)10-6-9-20-11-13-7-4-3-5-8-13/h3-5,7-8,12H,6,9-11H2,1-2H3,(H,16,17). The first-order chi connectivity index (χ1) is 9.84. The number of aliphatic carboxylic acids is 1. The van der Waals surface area contributed by atoms with Gasteiger partial charge in [0.05, 0.1) is 12.4 Å². The zero-order chi connectivity index (χ0) is 15.9. The van der Waals surface area contributed by atoms with Gasteiger partial charge >= 0.3 is 5.97 Å². The minimum Gasteiger partial charge on any atom is -0.480 e. The van der Waals surface area contributed by atoms with Crippen LogP contribution in [0.4, 0.5) is 0 Å². The molecule has 0 spiro atoms. The summed E-state index contributed by atoms with van der Waals surface area (Å²) >= 11 is 0. The van der Waals surface area contributed by atoms with Crippen molar-refractivity contribution in [2.45, 2.75) is 26.0 Å². The second-order valence-corrected chi connectivity index (χ2v) is 6.89. The molecule has 0 heterocycles. The van der Waals surface area contributed by atoms with Crippen molar-refractivity contribution >= 4 is 16.0 Å². The van der Waals surface area contributed by atoms with Crippen LogP contribution >= 0.6 is 0 Å². The summed E-state index contributed by atoms with van der Waals surface area (Å²) in [5, 5.41) is 8.82. The number of hydrogen-bond acceptors (Lipinski definition) is 4. The van der Waals surface area contributed by atoms with Crippen molar-refractivity contribution in [2.24, 2.45) is 0 Å². The van der Waals surface area contributed by atoms with Crippen LogP contribution in [0.1, 0.15) is 18.9 Å². The Hall–Kier alpha value is -1.44. The zero-order valence-corrected chi connectivity index (χ0v) is 13.0. The van der Waals surface area contributed by atoms with E-state index in [4.69, 9.17) is 9.84 Å². The highest BCUT2D eigenvalue weighted by atomic mass is 32.2. The fourth-order valence-electron chi connectivity index (χ4n) is 1.65.